The van der Waals surface area contributed by atoms with Gasteiger partial charge in [-0.25, -0.2) is 4.98 Å². The quantitative estimate of drug-likeness (QED) is 0.481. The Balaban J connectivity index is 2.05. The minimum atomic E-state index is -0.572. The number of hydroxylamine groups is 1. The molecule has 1 aromatic carbocycles. The van der Waals surface area contributed by atoms with E-state index in [1.165, 1.54) is 0 Å². The third-order valence-corrected chi connectivity index (χ3v) is 2.86. The molecular weight excluding hydrogens is 242 g/mol. The SMILES string of the molecule is C[C@@H](Nc1cnccn1)c1ccc(C(N)NO)cc1. The molecule has 1 unspecified atom stereocenters. The van der Waals surface area contributed by atoms with Crippen molar-refractivity contribution in [1.29, 1.82) is 0 Å². The van der Waals surface area contributed by atoms with Crippen LogP contribution in [0, 0.1) is 0 Å². The van der Waals surface area contributed by atoms with E-state index in [1.54, 1.807) is 18.6 Å². The second kappa shape index (κ2) is 6.24. The summed E-state index contributed by atoms with van der Waals surface area (Å²) in [5.74, 6) is 0.729. The number of nitrogens with two attached hydrogens (primary N) is 1. The van der Waals surface area contributed by atoms with Crippen LogP contribution in [0.15, 0.2) is 42.9 Å². The molecule has 1 aromatic heterocycles. The fourth-order valence-electron chi connectivity index (χ4n) is 1.75. The van der Waals surface area contributed by atoms with Gasteiger partial charge in [0, 0.05) is 18.4 Å². The summed E-state index contributed by atoms with van der Waals surface area (Å²) in [5, 5.41) is 12.0. The normalized spacial score (nSPS) is 13.8. The lowest BCUT2D eigenvalue weighted by Crippen LogP contribution is -2.25. The number of benzene rings is 1. The molecule has 5 N–H and O–H groups in total. The highest BCUT2D eigenvalue weighted by atomic mass is 16.5. The van der Waals surface area contributed by atoms with Crippen molar-refractivity contribution in [3.05, 3.63) is 54.0 Å². The second-order valence-electron chi connectivity index (χ2n) is 4.23. The number of nitrogens with one attached hydrogen (secondary N) is 2. The van der Waals surface area contributed by atoms with Crippen LogP contribution in [0.1, 0.15) is 30.3 Å². The molecule has 0 radical (unpaired) electrons. The van der Waals surface area contributed by atoms with E-state index in [4.69, 9.17) is 10.9 Å². The van der Waals surface area contributed by atoms with E-state index < -0.39 is 6.17 Å². The molecule has 0 aliphatic rings. The van der Waals surface area contributed by atoms with Crippen LogP contribution in [0.25, 0.3) is 0 Å². The molecule has 0 bridgehead atoms. The van der Waals surface area contributed by atoms with Crippen LogP contribution in [-0.4, -0.2) is 15.2 Å². The summed E-state index contributed by atoms with van der Waals surface area (Å²) >= 11 is 0. The zero-order valence-corrected chi connectivity index (χ0v) is 10.6. The van der Waals surface area contributed by atoms with Gasteiger partial charge in [-0.3, -0.25) is 4.98 Å². The van der Waals surface area contributed by atoms with Gasteiger partial charge in [0.15, 0.2) is 0 Å². The summed E-state index contributed by atoms with van der Waals surface area (Å²) in [6, 6.07) is 7.76. The maximum Gasteiger partial charge on any atom is 0.144 e. The summed E-state index contributed by atoms with van der Waals surface area (Å²) < 4.78 is 0. The van der Waals surface area contributed by atoms with Crippen molar-refractivity contribution in [1.82, 2.24) is 15.4 Å². The smallest absolute Gasteiger partial charge is 0.144 e. The molecule has 100 valence electrons. The third kappa shape index (κ3) is 3.47. The first kappa shape index (κ1) is 13.4. The standard InChI is InChI=1S/C13H17N5O/c1-9(17-12-8-15-6-7-16-12)10-2-4-11(5-3-10)13(14)18-19/h2-9,13,18-19H,14H2,1H3,(H,16,17)/t9-,13?/m1/s1. The Morgan fingerprint density at radius 2 is 1.84 bits per heavy atom. The Labute approximate surface area is 111 Å². The van der Waals surface area contributed by atoms with Crippen LogP contribution < -0.4 is 16.5 Å². The van der Waals surface area contributed by atoms with E-state index in [1.807, 2.05) is 36.7 Å². The summed E-state index contributed by atoms with van der Waals surface area (Å²) in [7, 11) is 0. The van der Waals surface area contributed by atoms with E-state index in [0.29, 0.717) is 0 Å². The van der Waals surface area contributed by atoms with Crippen LogP contribution in [-0.2, 0) is 0 Å². The molecule has 2 aromatic rings. The lowest BCUT2D eigenvalue weighted by atomic mass is 10.1. The van der Waals surface area contributed by atoms with Crippen molar-refractivity contribution in [2.24, 2.45) is 5.73 Å². The number of anilines is 1. The first-order valence-corrected chi connectivity index (χ1v) is 5.98. The van der Waals surface area contributed by atoms with E-state index >= 15 is 0 Å². The predicted octanol–water partition coefficient (Wildman–Crippen LogP) is 1.59. The maximum atomic E-state index is 8.76. The van der Waals surface area contributed by atoms with Crippen LogP contribution in [0.4, 0.5) is 5.82 Å². The van der Waals surface area contributed by atoms with Gasteiger partial charge < -0.3 is 16.3 Å². The maximum absolute atomic E-state index is 8.76. The molecule has 0 aliphatic carbocycles. The summed E-state index contributed by atoms with van der Waals surface area (Å²) in [6.45, 7) is 2.04. The van der Waals surface area contributed by atoms with E-state index in [9.17, 15) is 0 Å². The molecule has 0 fully saturated rings. The van der Waals surface area contributed by atoms with Crippen molar-refractivity contribution in [3.8, 4) is 0 Å². The summed E-state index contributed by atoms with van der Waals surface area (Å²) in [6.07, 6.45) is 4.38. The van der Waals surface area contributed by atoms with Crippen molar-refractivity contribution in [3.63, 3.8) is 0 Å². The number of hydrogen-bond donors (Lipinski definition) is 4. The Bertz CT molecular complexity index is 502. The van der Waals surface area contributed by atoms with Crippen LogP contribution in [0.2, 0.25) is 0 Å². The van der Waals surface area contributed by atoms with Gasteiger partial charge in [-0.1, -0.05) is 24.3 Å². The topological polar surface area (TPSA) is 96.1 Å². The van der Waals surface area contributed by atoms with Gasteiger partial charge in [0.25, 0.3) is 0 Å². The van der Waals surface area contributed by atoms with Gasteiger partial charge >= 0.3 is 0 Å². The van der Waals surface area contributed by atoms with Crippen molar-refractivity contribution in [2.45, 2.75) is 19.1 Å². The molecule has 6 nitrogen and oxygen atoms in total. The number of rotatable bonds is 5. The fraction of sp³-hybridized carbons (Fsp3) is 0.231. The zero-order valence-electron chi connectivity index (χ0n) is 10.6. The second-order valence-corrected chi connectivity index (χ2v) is 4.23. The molecule has 0 amide bonds. The third-order valence-electron chi connectivity index (χ3n) is 2.86. The Morgan fingerprint density at radius 1 is 1.16 bits per heavy atom. The monoisotopic (exact) mass is 259 g/mol. The first-order valence-electron chi connectivity index (χ1n) is 5.98. The Morgan fingerprint density at radius 3 is 2.42 bits per heavy atom. The minimum absolute atomic E-state index is 0.101. The minimum Gasteiger partial charge on any atom is -0.362 e. The van der Waals surface area contributed by atoms with E-state index in [-0.39, 0.29) is 6.04 Å². The van der Waals surface area contributed by atoms with Crippen molar-refractivity contribution >= 4 is 5.82 Å². The van der Waals surface area contributed by atoms with Crippen molar-refractivity contribution < 1.29 is 5.21 Å². The molecule has 19 heavy (non-hydrogen) atoms. The highest BCUT2D eigenvalue weighted by molar-refractivity contribution is 5.36. The lowest BCUT2D eigenvalue weighted by Gasteiger charge is -2.16. The number of aromatic nitrogens is 2. The van der Waals surface area contributed by atoms with Gasteiger partial charge in [0.05, 0.1) is 6.20 Å². The molecule has 0 aliphatic heterocycles. The molecule has 2 rings (SSSR count). The Kier molecular flexibility index (Phi) is 4.40. The van der Waals surface area contributed by atoms with E-state index in [2.05, 4.69) is 15.3 Å². The van der Waals surface area contributed by atoms with Crippen LogP contribution in [0.5, 0.6) is 0 Å². The summed E-state index contributed by atoms with van der Waals surface area (Å²) in [5.41, 5.74) is 9.58. The highest BCUT2D eigenvalue weighted by Crippen LogP contribution is 2.18. The van der Waals surface area contributed by atoms with Gasteiger partial charge in [0.1, 0.15) is 12.0 Å². The fourth-order valence-corrected chi connectivity index (χ4v) is 1.75. The lowest BCUT2D eigenvalue weighted by molar-refractivity contribution is 0.128. The van der Waals surface area contributed by atoms with Gasteiger partial charge in [-0.05, 0) is 18.1 Å². The molecule has 0 spiro atoms. The van der Waals surface area contributed by atoms with Gasteiger partial charge in [0.2, 0.25) is 0 Å². The molecule has 6 heteroatoms. The first-order chi connectivity index (χ1) is 9.20. The molecule has 0 saturated heterocycles. The van der Waals surface area contributed by atoms with Gasteiger partial charge in [-0.15, -0.1) is 0 Å². The summed E-state index contributed by atoms with van der Waals surface area (Å²) in [4.78, 5) is 8.17. The largest absolute Gasteiger partial charge is 0.362 e. The van der Waals surface area contributed by atoms with Gasteiger partial charge in [-0.2, -0.15) is 5.48 Å². The zero-order chi connectivity index (χ0) is 13.7. The van der Waals surface area contributed by atoms with E-state index in [0.717, 1.165) is 16.9 Å². The molecule has 0 saturated carbocycles. The predicted molar refractivity (Wildman–Crippen MR) is 72.4 cm³/mol. The average Bonchev–Trinajstić information content (AvgIpc) is 2.47. The van der Waals surface area contributed by atoms with Crippen molar-refractivity contribution in [2.75, 3.05) is 5.32 Å². The number of hydrogen-bond acceptors (Lipinski definition) is 6. The average molecular weight is 259 g/mol. The Hall–Kier alpha value is -2.02. The highest BCUT2D eigenvalue weighted by Gasteiger charge is 2.08. The molecule has 2 atom stereocenters. The van der Waals surface area contributed by atoms with Crippen LogP contribution in [0.3, 0.4) is 0 Å². The van der Waals surface area contributed by atoms with Crippen LogP contribution >= 0.6 is 0 Å². The molecular formula is C13H17N5O. The molecule has 1 heterocycles. The number of nitrogens with zero attached hydrogens (tertiary/aromatic N) is 2.